The van der Waals surface area contributed by atoms with E-state index in [1.807, 2.05) is 60.7 Å². The fourth-order valence-electron chi connectivity index (χ4n) is 7.68. The van der Waals surface area contributed by atoms with Gasteiger partial charge in [-0.15, -0.1) is 27.3 Å². The van der Waals surface area contributed by atoms with Crippen molar-refractivity contribution in [1.29, 1.82) is 0 Å². The summed E-state index contributed by atoms with van der Waals surface area (Å²) in [4.78, 5) is 14.4. The van der Waals surface area contributed by atoms with Gasteiger partial charge in [0, 0.05) is 38.5 Å². The number of benzene rings is 6. The standard InChI is InChI=1S/C39H10B14N4O/c40-18-13-14-19(41)25(47)28(50)30(52)33(14)57(32(13)29(51)27(49)24(18)46)34-31(53)26(48)21(43)16-15-20(42)22(44)17(23(45)35(15)58-36(16)34)39-55-37(11-7-3-1-4-8-11)54-38(56-39)12-9-5-2-6-10-12/h1-10H. The Morgan fingerprint density at radius 3 is 1.21 bits per heavy atom. The molecular formula is C39H10B14N4O. The normalized spacial score (nSPS) is 11.7. The first kappa shape index (κ1) is 38.4. The molecule has 0 aliphatic carbocycles. The predicted molar refractivity (Wildman–Crippen MR) is 253 cm³/mol. The lowest BCUT2D eigenvalue weighted by molar-refractivity contribution is 0.670. The molecule has 0 atom stereocenters. The van der Waals surface area contributed by atoms with Gasteiger partial charge < -0.3 is 8.98 Å². The van der Waals surface area contributed by atoms with Gasteiger partial charge in [-0.05, 0) is 16.2 Å². The summed E-state index contributed by atoms with van der Waals surface area (Å²) in [5.41, 5.74) is 2.20. The van der Waals surface area contributed by atoms with Crippen LogP contribution in [0.3, 0.4) is 0 Å². The van der Waals surface area contributed by atoms with Gasteiger partial charge in [0.2, 0.25) is 0 Å². The summed E-state index contributed by atoms with van der Waals surface area (Å²) in [5, 5.41) is 0.966. The zero-order valence-electron chi connectivity index (χ0n) is 30.6. The first-order valence-corrected chi connectivity index (χ1v) is 17.5. The van der Waals surface area contributed by atoms with Crippen LogP contribution < -0.4 is 76.5 Å². The van der Waals surface area contributed by atoms with Gasteiger partial charge in [0.25, 0.3) is 0 Å². The van der Waals surface area contributed by atoms with Crippen LogP contribution in [0.1, 0.15) is 0 Å². The van der Waals surface area contributed by atoms with E-state index in [1.165, 1.54) is 4.57 Å². The van der Waals surface area contributed by atoms with Crippen LogP contribution in [-0.2, 0) is 0 Å². The summed E-state index contributed by atoms with van der Waals surface area (Å²) in [5.74, 6) is 0.844. The Morgan fingerprint density at radius 1 is 0.345 bits per heavy atom. The Balaban J connectivity index is 1.44. The van der Waals surface area contributed by atoms with Gasteiger partial charge in [0.05, 0.1) is 5.69 Å². The monoisotopic (exact) mass is 704 g/mol. The molecule has 28 radical (unpaired) electrons. The maximum Gasteiger partial charge on any atom is 0.164 e. The smallest absolute Gasteiger partial charge is 0.164 e. The molecule has 3 heterocycles. The highest BCUT2D eigenvalue weighted by Gasteiger charge is 2.29. The number of hydrogen-bond acceptors (Lipinski definition) is 4. The fraction of sp³-hybridized carbons (Fsp3) is 0. The number of furan rings is 1. The Bertz CT molecular complexity index is 3140. The summed E-state index contributed by atoms with van der Waals surface area (Å²) < 4.78 is 8.24. The first-order valence-electron chi connectivity index (χ1n) is 17.5. The molecule has 0 bridgehead atoms. The maximum atomic E-state index is 7.03. The van der Waals surface area contributed by atoms with Crippen LogP contribution in [0, 0.1) is 0 Å². The van der Waals surface area contributed by atoms with E-state index in [2.05, 4.69) is 0 Å². The van der Waals surface area contributed by atoms with Crippen molar-refractivity contribution in [1.82, 2.24) is 19.5 Å². The van der Waals surface area contributed by atoms with E-state index in [-0.39, 0.29) is 137 Å². The highest BCUT2D eigenvalue weighted by molar-refractivity contribution is 6.72. The zero-order chi connectivity index (χ0) is 41.2. The Labute approximate surface area is 352 Å². The van der Waals surface area contributed by atoms with Gasteiger partial charge in [0.1, 0.15) is 115 Å². The van der Waals surface area contributed by atoms with Crippen molar-refractivity contribution in [3.8, 4) is 39.9 Å². The largest absolute Gasteiger partial charge is 0.455 e. The lowest BCUT2D eigenvalue weighted by Crippen LogP contribution is -2.49. The molecule has 0 spiro atoms. The first-order chi connectivity index (χ1) is 27.6. The van der Waals surface area contributed by atoms with Crippen LogP contribution in [0.25, 0.3) is 83.6 Å². The van der Waals surface area contributed by atoms with Gasteiger partial charge in [-0.25, -0.2) is 15.0 Å². The summed E-state index contributed by atoms with van der Waals surface area (Å²) in [6.07, 6.45) is 0. The molecule has 0 saturated carbocycles. The second kappa shape index (κ2) is 13.7. The SMILES string of the molecule is [B]c1c([B])c([B])c2c(oc3c([B])c(-c4nc(-c5ccccc5)nc(-c5ccccc5)n4)c([B])c([B])c32)c1-n1c2c([B])c([B])c([B])c([B])c2c2c([B])c([B])c([B])c([B])c21. The minimum atomic E-state index is -0.0626. The van der Waals surface area contributed by atoms with E-state index in [0.29, 0.717) is 11.6 Å². The minimum Gasteiger partial charge on any atom is -0.455 e. The molecule has 9 rings (SSSR count). The summed E-state index contributed by atoms with van der Waals surface area (Å²) >= 11 is 0. The van der Waals surface area contributed by atoms with E-state index in [0.717, 1.165) is 11.1 Å². The quantitative estimate of drug-likeness (QED) is 0.172. The lowest BCUT2D eigenvalue weighted by Gasteiger charge is -2.21. The molecule has 0 aliphatic rings. The highest BCUT2D eigenvalue weighted by atomic mass is 16.3. The number of rotatable bonds is 4. The fourth-order valence-corrected chi connectivity index (χ4v) is 7.68. The van der Waals surface area contributed by atoms with E-state index in [4.69, 9.17) is 129 Å². The minimum absolute atomic E-state index is 0.00302. The third-order valence-corrected chi connectivity index (χ3v) is 10.7. The maximum absolute atomic E-state index is 7.03. The van der Waals surface area contributed by atoms with Gasteiger partial charge in [-0.3, -0.25) is 0 Å². The van der Waals surface area contributed by atoms with Crippen LogP contribution in [0.15, 0.2) is 65.1 Å². The lowest BCUT2D eigenvalue weighted by atomic mass is 9.63. The van der Waals surface area contributed by atoms with Crippen molar-refractivity contribution in [2.75, 3.05) is 0 Å². The van der Waals surface area contributed by atoms with Crippen molar-refractivity contribution < 1.29 is 4.42 Å². The molecule has 0 amide bonds. The van der Waals surface area contributed by atoms with E-state index >= 15 is 0 Å². The molecule has 234 valence electrons. The number of hydrogen-bond donors (Lipinski definition) is 0. The molecule has 0 aliphatic heterocycles. The molecule has 5 nitrogen and oxygen atoms in total. The average molecular weight is 702 g/mol. The van der Waals surface area contributed by atoms with Crippen LogP contribution in [-0.4, -0.2) is 129 Å². The summed E-state index contributed by atoms with van der Waals surface area (Å²) in [7, 11) is 93.4. The topological polar surface area (TPSA) is 56.7 Å². The van der Waals surface area contributed by atoms with Crippen molar-refractivity contribution in [3.63, 3.8) is 0 Å². The number of nitrogens with zero attached hydrogens (tertiary/aromatic N) is 4. The van der Waals surface area contributed by atoms with Crippen molar-refractivity contribution >= 4 is 230 Å². The Morgan fingerprint density at radius 2 is 0.724 bits per heavy atom. The van der Waals surface area contributed by atoms with Crippen LogP contribution in [0.2, 0.25) is 0 Å². The van der Waals surface area contributed by atoms with Gasteiger partial charge in [-0.1, -0.05) is 104 Å². The van der Waals surface area contributed by atoms with Crippen molar-refractivity contribution in [2.24, 2.45) is 0 Å². The number of fused-ring (bicyclic) bond motifs is 6. The second-order valence-electron chi connectivity index (χ2n) is 13.8. The van der Waals surface area contributed by atoms with Crippen molar-refractivity contribution in [2.45, 2.75) is 0 Å². The van der Waals surface area contributed by atoms with Crippen LogP contribution >= 0.6 is 0 Å². The highest BCUT2D eigenvalue weighted by Crippen LogP contribution is 2.34. The summed E-state index contributed by atoms with van der Waals surface area (Å²) in [6, 6.07) is 18.7. The molecule has 0 fully saturated rings. The third kappa shape index (κ3) is 5.27. The molecule has 6 aromatic carbocycles. The van der Waals surface area contributed by atoms with Crippen molar-refractivity contribution in [3.05, 3.63) is 60.7 Å². The molecule has 0 unspecified atom stereocenters. The van der Waals surface area contributed by atoms with Gasteiger partial charge in [-0.2, -0.15) is 0 Å². The Kier molecular flexibility index (Phi) is 9.07. The van der Waals surface area contributed by atoms with Gasteiger partial charge in [0.15, 0.2) is 23.1 Å². The van der Waals surface area contributed by atoms with E-state index in [1.54, 1.807) is 0 Å². The molecular weight excluding hydrogens is 692 g/mol. The molecule has 3 aromatic heterocycles. The summed E-state index contributed by atoms with van der Waals surface area (Å²) in [6.45, 7) is 0. The average Bonchev–Trinajstić information content (AvgIpc) is 3.81. The second-order valence-corrected chi connectivity index (χ2v) is 13.8. The van der Waals surface area contributed by atoms with Gasteiger partial charge >= 0.3 is 0 Å². The van der Waals surface area contributed by atoms with Crippen LogP contribution in [0.4, 0.5) is 0 Å². The number of aromatic nitrogens is 4. The molecule has 9 aromatic rings. The molecule has 19 heteroatoms. The zero-order valence-corrected chi connectivity index (χ0v) is 30.6. The van der Waals surface area contributed by atoms with E-state index in [9.17, 15) is 0 Å². The third-order valence-electron chi connectivity index (χ3n) is 10.7. The molecule has 0 N–H and O–H groups in total. The van der Waals surface area contributed by atoms with Crippen LogP contribution in [0.5, 0.6) is 0 Å². The molecule has 58 heavy (non-hydrogen) atoms. The Hall–Kier alpha value is -5.16. The molecule has 0 saturated heterocycles. The van der Waals surface area contributed by atoms with E-state index < -0.39 is 0 Å². The predicted octanol–water partition coefficient (Wildman–Crippen LogP) is -7.02.